The molecule has 0 aliphatic heterocycles. The fourth-order valence-corrected chi connectivity index (χ4v) is 2.35. The number of carbonyl (C=O) groups excluding carboxylic acids is 1. The van der Waals surface area contributed by atoms with Crippen molar-refractivity contribution in [3.63, 3.8) is 0 Å². The van der Waals surface area contributed by atoms with Crippen molar-refractivity contribution in [2.24, 2.45) is 0 Å². The van der Waals surface area contributed by atoms with Crippen LogP contribution in [0.15, 0.2) is 42.5 Å². The highest BCUT2D eigenvalue weighted by Gasteiger charge is 2.05. The molecule has 0 saturated heterocycles. The maximum atomic E-state index is 11.9. The summed E-state index contributed by atoms with van der Waals surface area (Å²) < 4.78 is 5.22. The average Bonchev–Trinajstić information content (AvgIpc) is 2.57. The summed E-state index contributed by atoms with van der Waals surface area (Å²) in [7, 11) is 1.62. The van der Waals surface area contributed by atoms with E-state index in [2.05, 4.69) is 10.6 Å². The van der Waals surface area contributed by atoms with Gasteiger partial charge in [0, 0.05) is 13.1 Å². The first kappa shape index (κ1) is 16.8. The monoisotopic (exact) mass is 314 g/mol. The largest absolute Gasteiger partial charge is 0.497 e. The molecule has 122 valence electrons. The van der Waals surface area contributed by atoms with Crippen molar-refractivity contribution in [1.29, 1.82) is 0 Å². The highest BCUT2D eigenvalue weighted by atomic mass is 16.5. The van der Waals surface area contributed by atoms with E-state index in [4.69, 9.17) is 4.74 Å². The second-order valence-corrected chi connectivity index (χ2v) is 5.32. The Morgan fingerprint density at radius 1 is 1.09 bits per heavy atom. The second-order valence-electron chi connectivity index (χ2n) is 5.32. The smallest absolute Gasteiger partial charge is 0.315 e. The standard InChI is InChI=1S/C18H22N2O3/c1-13-7-14(9-17(8-13)23-2)10-19-18(22)20-11-15-5-3-4-6-16(15)12-21/h3-9,21H,10-12H2,1-2H3,(H2,19,20,22). The van der Waals surface area contributed by atoms with Gasteiger partial charge in [-0.2, -0.15) is 0 Å². The number of aliphatic hydroxyl groups is 1. The normalized spacial score (nSPS) is 10.2. The topological polar surface area (TPSA) is 70.6 Å². The molecule has 0 heterocycles. The summed E-state index contributed by atoms with van der Waals surface area (Å²) in [6.07, 6.45) is 0. The van der Waals surface area contributed by atoms with E-state index < -0.39 is 0 Å². The predicted molar refractivity (Wildman–Crippen MR) is 89.2 cm³/mol. The van der Waals surface area contributed by atoms with E-state index in [1.807, 2.05) is 49.4 Å². The van der Waals surface area contributed by atoms with Crippen LogP contribution in [0.4, 0.5) is 4.79 Å². The zero-order chi connectivity index (χ0) is 16.7. The van der Waals surface area contributed by atoms with Crippen molar-refractivity contribution >= 4 is 6.03 Å². The Bertz CT molecular complexity index is 671. The number of carbonyl (C=O) groups is 1. The lowest BCUT2D eigenvalue weighted by molar-refractivity contribution is 0.239. The molecular weight excluding hydrogens is 292 g/mol. The lowest BCUT2D eigenvalue weighted by atomic mass is 10.1. The Morgan fingerprint density at radius 3 is 2.48 bits per heavy atom. The van der Waals surface area contributed by atoms with Crippen LogP contribution in [-0.2, 0) is 19.7 Å². The Hall–Kier alpha value is -2.53. The minimum absolute atomic E-state index is 0.0391. The molecule has 0 aromatic heterocycles. The summed E-state index contributed by atoms with van der Waals surface area (Å²) in [6, 6.07) is 13.1. The van der Waals surface area contributed by atoms with Gasteiger partial charge in [-0.15, -0.1) is 0 Å². The van der Waals surface area contributed by atoms with Crippen molar-refractivity contribution in [2.75, 3.05) is 7.11 Å². The zero-order valence-electron chi connectivity index (χ0n) is 13.4. The predicted octanol–water partition coefficient (Wildman–Crippen LogP) is 2.50. The number of methoxy groups -OCH3 is 1. The molecule has 0 radical (unpaired) electrons. The first-order chi connectivity index (χ1) is 11.1. The van der Waals surface area contributed by atoms with Gasteiger partial charge in [-0.25, -0.2) is 4.79 Å². The van der Waals surface area contributed by atoms with Gasteiger partial charge in [-0.1, -0.05) is 30.3 Å². The second kappa shape index (κ2) is 8.19. The van der Waals surface area contributed by atoms with Crippen LogP contribution in [0.3, 0.4) is 0 Å². The number of aryl methyl sites for hydroxylation is 1. The van der Waals surface area contributed by atoms with Crippen LogP contribution < -0.4 is 15.4 Å². The molecule has 2 rings (SSSR count). The molecule has 2 aromatic rings. The molecular formula is C18H22N2O3. The molecule has 2 amide bonds. The van der Waals surface area contributed by atoms with Crippen LogP contribution >= 0.6 is 0 Å². The number of amides is 2. The van der Waals surface area contributed by atoms with E-state index in [1.54, 1.807) is 7.11 Å². The third kappa shape index (κ3) is 5.00. The Morgan fingerprint density at radius 2 is 1.78 bits per heavy atom. The van der Waals surface area contributed by atoms with Crippen molar-refractivity contribution in [1.82, 2.24) is 10.6 Å². The van der Waals surface area contributed by atoms with E-state index in [9.17, 15) is 9.90 Å². The molecule has 0 atom stereocenters. The Kier molecular flexibility index (Phi) is 6.00. The molecule has 23 heavy (non-hydrogen) atoms. The number of hydrogen-bond donors (Lipinski definition) is 3. The number of urea groups is 1. The highest BCUT2D eigenvalue weighted by Crippen LogP contribution is 2.16. The molecule has 0 spiro atoms. The van der Waals surface area contributed by atoms with E-state index in [-0.39, 0.29) is 12.6 Å². The molecule has 0 bridgehead atoms. The molecule has 0 aliphatic carbocycles. The van der Waals surface area contributed by atoms with Crippen LogP contribution in [0.5, 0.6) is 5.75 Å². The zero-order valence-corrected chi connectivity index (χ0v) is 13.4. The molecule has 0 aliphatic rings. The summed E-state index contributed by atoms with van der Waals surface area (Å²) in [5.74, 6) is 0.777. The fourth-order valence-electron chi connectivity index (χ4n) is 2.35. The van der Waals surface area contributed by atoms with E-state index in [0.717, 1.165) is 28.0 Å². The van der Waals surface area contributed by atoms with E-state index in [0.29, 0.717) is 13.1 Å². The number of ether oxygens (including phenoxy) is 1. The molecule has 5 nitrogen and oxygen atoms in total. The summed E-state index contributed by atoms with van der Waals surface area (Å²) in [5.41, 5.74) is 3.78. The third-order valence-electron chi connectivity index (χ3n) is 3.53. The minimum atomic E-state index is -0.252. The summed E-state index contributed by atoms with van der Waals surface area (Å²) in [4.78, 5) is 11.9. The van der Waals surface area contributed by atoms with Crippen molar-refractivity contribution in [2.45, 2.75) is 26.6 Å². The van der Waals surface area contributed by atoms with Gasteiger partial charge in [-0.05, 0) is 41.3 Å². The van der Waals surface area contributed by atoms with Gasteiger partial charge in [0.25, 0.3) is 0 Å². The number of rotatable bonds is 6. The summed E-state index contributed by atoms with van der Waals surface area (Å²) in [5, 5.41) is 14.9. The van der Waals surface area contributed by atoms with Gasteiger partial charge in [0.15, 0.2) is 0 Å². The van der Waals surface area contributed by atoms with Gasteiger partial charge in [0.1, 0.15) is 5.75 Å². The van der Waals surface area contributed by atoms with Gasteiger partial charge in [0.2, 0.25) is 0 Å². The minimum Gasteiger partial charge on any atom is -0.497 e. The van der Waals surface area contributed by atoms with Gasteiger partial charge in [0.05, 0.1) is 13.7 Å². The summed E-state index contributed by atoms with van der Waals surface area (Å²) >= 11 is 0. The number of aliphatic hydroxyl groups excluding tert-OH is 1. The van der Waals surface area contributed by atoms with Crippen molar-refractivity contribution in [3.8, 4) is 5.75 Å². The third-order valence-corrected chi connectivity index (χ3v) is 3.53. The fraction of sp³-hybridized carbons (Fsp3) is 0.278. The lowest BCUT2D eigenvalue weighted by Crippen LogP contribution is -2.34. The van der Waals surface area contributed by atoms with Crippen molar-refractivity contribution < 1.29 is 14.6 Å². The van der Waals surface area contributed by atoms with Crippen LogP contribution in [-0.4, -0.2) is 18.2 Å². The van der Waals surface area contributed by atoms with Crippen LogP contribution in [0.1, 0.15) is 22.3 Å². The van der Waals surface area contributed by atoms with Gasteiger partial charge < -0.3 is 20.5 Å². The number of benzene rings is 2. The summed E-state index contributed by atoms with van der Waals surface area (Å²) in [6.45, 7) is 2.74. The Labute approximate surface area is 136 Å². The maximum Gasteiger partial charge on any atom is 0.315 e. The number of hydrogen-bond acceptors (Lipinski definition) is 3. The van der Waals surface area contributed by atoms with Crippen molar-refractivity contribution in [3.05, 3.63) is 64.7 Å². The quantitative estimate of drug-likeness (QED) is 0.767. The first-order valence-corrected chi connectivity index (χ1v) is 7.46. The molecule has 0 fully saturated rings. The van der Waals surface area contributed by atoms with E-state index in [1.165, 1.54) is 0 Å². The van der Waals surface area contributed by atoms with Crippen LogP contribution in [0.25, 0.3) is 0 Å². The average molecular weight is 314 g/mol. The molecule has 3 N–H and O–H groups in total. The van der Waals surface area contributed by atoms with Crippen LogP contribution in [0.2, 0.25) is 0 Å². The first-order valence-electron chi connectivity index (χ1n) is 7.46. The number of nitrogens with one attached hydrogen (secondary N) is 2. The van der Waals surface area contributed by atoms with E-state index >= 15 is 0 Å². The molecule has 0 unspecified atom stereocenters. The maximum absolute atomic E-state index is 11.9. The van der Waals surface area contributed by atoms with Crippen LogP contribution in [0, 0.1) is 6.92 Å². The molecule has 0 saturated carbocycles. The molecule has 2 aromatic carbocycles. The van der Waals surface area contributed by atoms with Gasteiger partial charge in [-0.3, -0.25) is 0 Å². The Balaban J connectivity index is 1.87. The molecule has 5 heteroatoms. The lowest BCUT2D eigenvalue weighted by Gasteiger charge is -2.11. The highest BCUT2D eigenvalue weighted by molar-refractivity contribution is 5.73. The van der Waals surface area contributed by atoms with Gasteiger partial charge >= 0.3 is 6.03 Å². The SMILES string of the molecule is COc1cc(C)cc(CNC(=O)NCc2ccccc2CO)c1.